The molecule has 2 aromatic carbocycles. The molecule has 0 fully saturated rings. The van der Waals surface area contributed by atoms with Crippen LogP contribution in [0.2, 0.25) is 0 Å². The van der Waals surface area contributed by atoms with Gasteiger partial charge in [-0.1, -0.05) is 30.3 Å². The second-order valence-corrected chi connectivity index (χ2v) is 6.64. The molecule has 5 nitrogen and oxygen atoms in total. The Morgan fingerprint density at radius 2 is 1.74 bits per heavy atom. The number of hydrogen-bond acceptors (Lipinski definition) is 4. The highest BCUT2D eigenvalue weighted by molar-refractivity contribution is 5.80. The summed E-state index contributed by atoms with van der Waals surface area (Å²) in [6.07, 6.45) is 0.788. The van der Waals surface area contributed by atoms with Gasteiger partial charge in [-0.05, 0) is 61.6 Å². The van der Waals surface area contributed by atoms with Crippen molar-refractivity contribution >= 4 is 11.9 Å². The predicted molar refractivity (Wildman–Crippen MR) is 105 cm³/mol. The van der Waals surface area contributed by atoms with Gasteiger partial charge in [0.1, 0.15) is 5.75 Å². The standard InChI is InChI=1S/C22H27NO4/c1-15-5-9-19(13-16(15)2)17(3)23-21(24)14-27-22(25)12-8-18-6-10-20(26-4)11-7-18/h5-7,9-11,13,17H,8,12,14H2,1-4H3,(H,23,24)/t17-/m1/s1. The van der Waals surface area contributed by atoms with Crippen molar-refractivity contribution in [2.24, 2.45) is 0 Å². The third-order valence-electron chi connectivity index (χ3n) is 4.55. The molecule has 0 aliphatic rings. The Kier molecular flexibility index (Phi) is 7.41. The third kappa shape index (κ3) is 6.44. The molecule has 1 atom stereocenters. The van der Waals surface area contributed by atoms with Gasteiger partial charge in [0.05, 0.1) is 13.2 Å². The zero-order valence-electron chi connectivity index (χ0n) is 16.4. The van der Waals surface area contributed by atoms with E-state index in [9.17, 15) is 9.59 Å². The summed E-state index contributed by atoms with van der Waals surface area (Å²) in [6.45, 7) is 5.73. The number of esters is 1. The number of hydrogen-bond donors (Lipinski definition) is 1. The van der Waals surface area contributed by atoms with Crippen LogP contribution in [0.4, 0.5) is 0 Å². The Labute approximate surface area is 160 Å². The number of carbonyl (C=O) groups excluding carboxylic acids is 2. The maximum absolute atomic E-state index is 12.0. The van der Waals surface area contributed by atoms with E-state index in [4.69, 9.17) is 9.47 Å². The summed E-state index contributed by atoms with van der Waals surface area (Å²) in [6, 6.07) is 13.5. The van der Waals surface area contributed by atoms with Crippen LogP contribution in [0.5, 0.6) is 5.75 Å². The molecule has 2 aromatic rings. The van der Waals surface area contributed by atoms with Crippen LogP contribution < -0.4 is 10.1 Å². The number of nitrogens with one attached hydrogen (secondary N) is 1. The largest absolute Gasteiger partial charge is 0.497 e. The minimum absolute atomic E-state index is 0.144. The molecule has 0 aromatic heterocycles. The normalized spacial score (nSPS) is 11.6. The molecule has 5 heteroatoms. The van der Waals surface area contributed by atoms with E-state index in [1.54, 1.807) is 7.11 Å². The van der Waals surface area contributed by atoms with Crippen LogP contribution >= 0.6 is 0 Å². The number of benzene rings is 2. The fourth-order valence-corrected chi connectivity index (χ4v) is 2.66. The first-order valence-electron chi connectivity index (χ1n) is 9.04. The monoisotopic (exact) mass is 369 g/mol. The first-order chi connectivity index (χ1) is 12.9. The second kappa shape index (κ2) is 9.76. The smallest absolute Gasteiger partial charge is 0.306 e. The number of aryl methyl sites for hydroxylation is 3. The van der Waals surface area contributed by atoms with Gasteiger partial charge < -0.3 is 14.8 Å². The van der Waals surface area contributed by atoms with E-state index in [-0.39, 0.29) is 30.9 Å². The van der Waals surface area contributed by atoms with Crippen LogP contribution in [0.25, 0.3) is 0 Å². The summed E-state index contributed by atoms with van der Waals surface area (Å²) >= 11 is 0. The Hall–Kier alpha value is -2.82. The number of amides is 1. The molecule has 1 N–H and O–H groups in total. The van der Waals surface area contributed by atoms with E-state index in [1.807, 2.05) is 57.2 Å². The molecule has 0 aliphatic carbocycles. The highest BCUT2D eigenvalue weighted by Crippen LogP contribution is 2.16. The van der Waals surface area contributed by atoms with Gasteiger partial charge in [-0.25, -0.2) is 0 Å². The topological polar surface area (TPSA) is 64.6 Å². The van der Waals surface area contributed by atoms with Crippen molar-refractivity contribution in [3.8, 4) is 5.75 Å². The first-order valence-corrected chi connectivity index (χ1v) is 9.04. The van der Waals surface area contributed by atoms with Gasteiger partial charge in [0.15, 0.2) is 6.61 Å². The maximum Gasteiger partial charge on any atom is 0.306 e. The zero-order chi connectivity index (χ0) is 19.8. The molecule has 0 spiro atoms. The highest BCUT2D eigenvalue weighted by atomic mass is 16.5. The lowest BCUT2D eigenvalue weighted by Gasteiger charge is -2.15. The van der Waals surface area contributed by atoms with Gasteiger partial charge in [-0.3, -0.25) is 9.59 Å². The van der Waals surface area contributed by atoms with Crippen LogP contribution in [0.1, 0.15) is 41.6 Å². The molecule has 0 radical (unpaired) electrons. The van der Waals surface area contributed by atoms with E-state index >= 15 is 0 Å². The van der Waals surface area contributed by atoms with Crippen LogP contribution in [0, 0.1) is 13.8 Å². The summed E-state index contributed by atoms with van der Waals surface area (Å²) in [5.74, 6) is 0.0780. The van der Waals surface area contributed by atoms with Crippen LogP contribution in [0.15, 0.2) is 42.5 Å². The highest BCUT2D eigenvalue weighted by Gasteiger charge is 2.12. The van der Waals surface area contributed by atoms with E-state index in [1.165, 1.54) is 11.1 Å². The molecular weight excluding hydrogens is 342 g/mol. The van der Waals surface area contributed by atoms with Crippen molar-refractivity contribution in [1.29, 1.82) is 0 Å². The van der Waals surface area contributed by atoms with E-state index in [0.29, 0.717) is 6.42 Å². The van der Waals surface area contributed by atoms with Crippen LogP contribution in [-0.2, 0) is 20.7 Å². The van der Waals surface area contributed by atoms with E-state index in [0.717, 1.165) is 16.9 Å². The fourth-order valence-electron chi connectivity index (χ4n) is 2.66. The van der Waals surface area contributed by atoms with Crippen LogP contribution in [0.3, 0.4) is 0 Å². The van der Waals surface area contributed by atoms with Gasteiger partial charge >= 0.3 is 5.97 Å². The fraction of sp³-hybridized carbons (Fsp3) is 0.364. The molecule has 2 rings (SSSR count). The Morgan fingerprint density at radius 1 is 1.04 bits per heavy atom. The first kappa shape index (κ1) is 20.5. The SMILES string of the molecule is COc1ccc(CCC(=O)OCC(=O)N[C@H](C)c2ccc(C)c(C)c2)cc1. The quantitative estimate of drug-likeness (QED) is 0.721. The molecule has 0 unspecified atom stereocenters. The van der Waals surface area contributed by atoms with Gasteiger partial charge in [-0.2, -0.15) is 0 Å². The molecule has 0 saturated heterocycles. The maximum atomic E-state index is 12.0. The summed E-state index contributed by atoms with van der Waals surface area (Å²) in [7, 11) is 1.61. The van der Waals surface area contributed by atoms with E-state index < -0.39 is 0 Å². The lowest BCUT2D eigenvalue weighted by Crippen LogP contribution is -2.31. The number of methoxy groups -OCH3 is 1. The zero-order valence-corrected chi connectivity index (χ0v) is 16.4. The molecule has 1 amide bonds. The third-order valence-corrected chi connectivity index (χ3v) is 4.55. The van der Waals surface area contributed by atoms with Crippen molar-refractivity contribution in [3.05, 3.63) is 64.7 Å². The van der Waals surface area contributed by atoms with Crippen molar-refractivity contribution in [2.45, 2.75) is 39.7 Å². The molecule has 0 heterocycles. The van der Waals surface area contributed by atoms with Gasteiger partial charge in [0.25, 0.3) is 5.91 Å². The molecule has 0 bridgehead atoms. The van der Waals surface area contributed by atoms with Crippen molar-refractivity contribution in [3.63, 3.8) is 0 Å². The average Bonchev–Trinajstić information content (AvgIpc) is 2.67. The molecular formula is C22H27NO4. The number of carbonyl (C=O) groups is 2. The minimum atomic E-state index is -0.389. The lowest BCUT2D eigenvalue weighted by molar-refractivity contribution is -0.148. The van der Waals surface area contributed by atoms with Crippen molar-refractivity contribution in [1.82, 2.24) is 5.32 Å². The lowest BCUT2D eigenvalue weighted by atomic mass is 10.0. The Morgan fingerprint density at radius 3 is 2.37 bits per heavy atom. The van der Waals surface area contributed by atoms with Gasteiger partial charge in [0, 0.05) is 6.42 Å². The predicted octanol–water partition coefficient (Wildman–Crippen LogP) is 3.67. The molecule has 144 valence electrons. The second-order valence-electron chi connectivity index (χ2n) is 6.64. The number of rotatable bonds is 8. The average molecular weight is 369 g/mol. The summed E-state index contributed by atoms with van der Waals surface area (Å²) in [5.41, 5.74) is 4.43. The minimum Gasteiger partial charge on any atom is -0.497 e. The summed E-state index contributed by atoms with van der Waals surface area (Å²) in [5, 5.41) is 2.85. The van der Waals surface area contributed by atoms with Crippen molar-refractivity contribution in [2.75, 3.05) is 13.7 Å². The molecule has 0 aliphatic heterocycles. The summed E-state index contributed by atoms with van der Waals surface area (Å²) in [4.78, 5) is 23.9. The van der Waals surface area contributed by atoms with Crippen LogP contribution in [-0.4, -0.2) is 25.6 Å². The molecule has 0 saturated carbocycles. The van der Waals surface area contributed by atoms with E-state index in [2.05, 4.69) is 11.4 Å². The van der Waals surface area contributed by atoms with Gasteiger partial charge in [-0.15, -0.1) is 0 Å². The summed E-state index contributed by atoms with van der Waals surface area (Å²) < 4.78 is 10.2. The number of ether oxygens (including phenoxy) is 2. The van der Waals surface area contributed by atoms with Gasteiger partial charge in [0.2, 0.25) is 0 Å². The Balaban J connectivity index is 1.73. The Bertz CT molecular complexity index is 783. The molecule has 27 heavy (non-hydrogen) atoms. The van der Waals surface area contributed by atoms with Crippen molar-refractivity contribution < 1.29 is 19.1 Å².